The molecule has 0 bridgehead atoms. The fourth-order valence-electron chi connectivity index (χ4n) is 2.28. The zero-order chi connectivity index (χ0) is 18.9. The van der Waals surface area contributed by atoms with Crippen LogP contribution in [0.5, 0.6) is 0 Å². The third kappa shape index (κ3) is 3.98. The molecule has 0 aliphatic carbocycles. The number of fused-ring (bicyclic) bond motifs is 1. The summed E-state index contributed by atoms with van der Waals surface area (Å²) in [5, 5.41) is 10.7. The highest BCUT2D eigenvalue weighted by Gasteiger charge is 2.31. The van der Waals surface area contributed by atoms with E-state index in [0.717, 1.165) is 35.2 Å². The van der Waals surface area contributed by atoms with Crippen LogP contribution in [0.25, 0.3) is 5.65 Å². The Morgan fingerprint density at radius 1 is 1.15 bits per heavy atom. The molecule has 2 heterocycles. The summed E-state index contributed by atoms with van der Waals surface area (Å²) < 4.78 is 39.8. The first-order valence-electron chi connectivity index (χ1n) is 7.66. The fraction of sp³-hybridized carbons (Fsp3) is 0.235. The van der Waals surface area contributed by atoms with Crippen molar-refractivity contribution in [2.24, 2.45) is 0 Å². The summed E-state index contributed by atoms with van der Waals surface area (Å²) in [7, 11) is 0. The first-order chi connectivity index (χ1) is 12.2. The molecular formula is C17H15F3N4OS. The maximum atomic E-state index is 12.8. The molecule has 0 radical (unpaired) electrons. The number of halogens is 3. The molecule has 0 aliphatic heterocycles. The Balaban J connectivity index is 1.70. The molecule has 5 nitrogen and oxygen atoms in total. The average Bonchev–Trinajstić information content (AvgIpc) is 2.98. The molecule has 3 rings (SSSR count). The van der Waals surface area contributed by atoms with Crippen LogP contribution >= 0.6 is 11.8 Å². The largest absolute Gasteiger partial charge is 0.417 e. The topological polar surface area (TPSA) is 59.3 Å². The third-order valence-electron chi connectivity index (χ3n) is 3.82. The summed E-state index contributed by atoms with van der Waals surface area (Å²) in [5.41, 5.74) is 2.33. The molecule has 0 aliphatic rings. The number of hydrogen-bond donors (Lipinski definition) is 1. The van der Waals surface area contributed by atoms with Gasteiger partial charge in [0.15, 0.2) is 10.8 Å². The number of nitrogens with one attached hydrogen (secondary N) is 1. The van der Waals surface area contributed by atoms with Gasteiger partial charge in [0.2, 0.25) is 5.91 Å². The average molecular weight is 380 g/mol. The van der Waals surface area contributed by atoms with Gasteiger partial charge in [0.1, 0.15) is 0 Å². The Bertz CT molecular complexity index is 968. The summed E-state index contributed by atoms with van der Waals surface area (Å²) in [6.07, 6.45) is -3.53. The van der Waals surface area contributed by atoms with E-state index >= 15 is 0 Å². The number of nitrogens with zero attached hydrogens (tertiary/aromatic N) is 3. The monoisotopic (exact) mass is 380 g/mol. The standard InChI is InChI=1S/C17H15F3N4OS/c1-10-3-5-13(7-11(10)2)21-15(25)9-26-16-23-22-14-6-4-12(8-24(14)16)17(18,19)20/h3-8H,9H2,1-2H3,(H,21,25). The van der Waals surface area contributed by atoms with Gasteiger partial charge in [0.05, 0.1) is 11.3 Å². The van der Waals surface area contributed by atoms with Crippen LogP contribution in [0, 0.1) is 13.8 Å². The molecule has 136 valence electrons. The van der Waals surface area contributed by atoms with E-state index in [0.29, 0.717) is 5.69 Å². The summed E-state index contributed by atoms with van der Waals surface area (Å²) in [5.74, 6) is -0.272. The van der Waals surface area contributed by atoms with E-state index < -0.39 is 11.7 Å². The maximum Gasteiger partial charge on any atom is 0.417 e. The Labute approximate surface area is 151 Å². The van der Waals surface area contributed by atoms with Gasteiger partial charge in [0.25, 0.3) is 0 Å². The SMILES string of the molecule is Cc1ccc(NC(=O)CSc2nnc3ccc(C(F)(F)F)cn23)cc1C. The van der Waals surface area contributed by atoms with E-state index in [1.807, 2.05) is 26.0 Å². The van der Waals surface area contributed by atoms with E-state index in [2.05, 4.69) is 15.5 Å². The number of amides is 1. The predicted octanol–water partition coefficient (Wildman–Crippen LogP) is 4.10. The Morgan fingerprint density at radius 2 is 1.92 bits per heavy atom. The predicted molar refractivity (Wildman–Crippen MR) is 93.3 cm³/mol. The van der Waals surface area contributed by atoms with Crippen LogP contribution in [-0.2, 0) is 11.0 Å². The lowest BCUT2D eigenvalue weighted by Crippen LogP contribution is -2.14. The molecular weight excluding hydrogens is 365 g/mol. The van der Waals surface area contributed by atoms with Crippen molar-refractivity contribution in [3.63, 3.8) is 0 Å². The lowest BCUT2D eigenvalue weighted by Gasteiger charge is -2.08. The second-order valence-corrected chi connectivity index (χ2v) is 6.70. The number of hydrogen-bond acceptors (Lipinski definition) is 4. The zero-order valence-electron chi connectivity index (χ0n) is 14.0. The number of rotatable bonds is 4. The Morgan fingerprint density at radius 3 is 2.62 bits per heavy atom. The zero-order valence-corrected chi connectivity index (χ0v) is 14.8. The van der Waals surface area contributed by atoms with Crippen molar-refractivity contribution in [2.75, 3.05) is 11.1 Å². The van der Waals surface area contributed by atoms with E-state index in [4.69, 9.17) is 0 Å². The quantitative estimate of drug-likeness (QED) is 0.693. The van der Waals surface area contributed by atoms with Gasteiger partial charge in [-0.05, 0) is 49.2 Å². The minimum atomic E-state index is -4.46. The fourth-order valence-corrected chi connectivity index (χ4v) is 3.00. The van der Waals surface area contributed by atoms with Crippen LogP contribution in [0.4, 0.5) is 18.9 Å². The highest BCUT2D eigenvalue weighted by atomic mass is 32.2. The molecule has 26 heavy (non-hydrogen) atoms. The van der Waals surface area contributed by atoms with Crippen molar-refractivity contribution in [2.45, 2.75) is 25.2 Å². The number of aromatic nitrogens is 3. The lowest BCUT2D eigenvalue weighted by molar-refractivity contribution is -0.137. The van der Waals surface area contributed by atoms with Crippen molar-refractivity contribution >= 4 is 29.0 Å². The van der Waals surface area contributed by atoms with Gasteiger partial charge in [-0.25, -0.2) is 0 Å². The Kier molecular flexibility index (Phi) is 4.90. The van der Waals surface area contributed by atoms with Gasteiger partial charge in [0, 0.05) is 11.9 Å². The van der Waals surface area contributed by atoms with Crippen molar-refractivity contribution in [3.05, 3.63) is 53.2 Å². The van der Waals surface area contributed by atoms with Crippen LogP contribution < -0.4 is 5.32 Å². The van der Waals surface area contributed by atoms with Crippen LogP contribution in [0.1, 0.15) is 16.7 Å². The molecule has 0 spiro atoms. The van der Waals surface area contributed by atoms with Gasteiger partial charge >= 0.3 is 6.18 Å². The van der Waals surface area contributed by atoms with Gasteiger partial charge in [-0.15, -0.1) is 10.2 Å². The molecule has 2 aromatic heterocycles. The first-order valence-corrected chi connectivity index (χ1v) is 8.64. The number of carbonyl (C=O) groups is 1. The smallest absolute Gasteiger partial charge is 0.325 e. The second-order valence-electron chi connectivity index (χ2n) is 5.76. The number of thioether (sulfide) groups is 1. The number of alkyl halides is 3. The minimum absolute atomic E-state index is 0.00393. The van der Waals surface area contributed by atoms with Gasteiger partial charge in [-0.2, -0.15) is 13.2 Å². The summed E-state index contributed by atoms with van der Waals surface area (Å²) in [6.45, 7) is 3.92. The number of anilines is 1. The number of benzene rings is 1. The second kappa shape index (κ2) is 6.99. The van der Waals surface area contributed by atoms with Crippen molar-refractivity contribution in [1.29, 1.82) is 0 Å². The van der Waals surface area contributed by atoms with Gasteiger partial charge in [-0.1, -0.05) is 17.8 Å². The van der Waals surface area contributed by atoms with Crippen LogP contribution in [0.2, 0.25) is 0 Å². The van der Waals surface area contributed by atoms with Gasteiger partial charge in [-0.3, -0.25) is 9.20 Å². The molecule has 0 unspecified atom stereocenters. The molecule has 1 aromatic carbocycles. The number of carbonyl (C=O) groups excluding carboxylic acids is 1. The molecule has 0 atom stereocenters. The normalized spacial score (nSPS) is 11.7. The molecule has 1 amide bonds. The van der Waals surface area contributed by atoms with Crippen LogP contribution in [0.3, 0.4) is 0 Å². The molecule has 0 fully saturated rings. The van der Waals surface area contributed by atoms with E-state index in [1.54, 1.807) is 6.07 Å². The Hall–Kier alpha value is -2.55. The number of aryl methyl sites for hydroxylation is 2. The summed E-state index contributed by atoms with van der Waals surface area (Å²) in [4.78, 5) is 12.1. The van der Waals surface area contributed by atoms with Crippen LogP contribution in [-0.4, -0.2) is 26.3 Å². The van der Waals surface area contributed by atoms with E-state index in [1.165, 1.54) is 10.5 Å². The highest BCUT2D eigenvalue weighted by Crippen LogP contribution is 2.30. The highest BCUT2D eigenvalue weighted by molar-refractivity contribution is 7.99. The van der Waals surface area contributed by atoms with Crippen molar-refractivity contribution < 1.29 is 18.0 Å². The van der Waals surface area contributed by atoms with E-state index in [9.17, 15) is 18.0 Å². The summed E-state index contributed by atoms with van der Waals surface area (Å²) >= 11 is 1.02. The summed E-state index contributed by atoms with van der Waals surface area (Å²) in [6, 6.07) is 7.76. The number of pyridine rings is 1. The van der Waals surface area contributed by atoms with E-state index in [-0.39, 0.29) is 22.5 Å². The molecule has 9 heteroatoms. The lowest BCUT2D eigenvalue weighted by atomic mass is 10.1. The van der Waals surface area contributed by atoms with Crippen molar-refractivity contribution in [3.8, 4) is 0 Å². The van der Waals surface area contributed by atoms with Gasteiger partial charge < -0.3 is 5.32 Å². The van der Waals surface area contributed by atoms with Crippen molar-refractivity contribution in [1.82, 2.24) is 14.6 Å². The minimum Gasteiger partial charge on any atom is -0.325 e. The molecule has 3 aromatic rings. The van der Waals surface area contributed by atoms with Crippen LogP contribution in [0.15, 0.2) is 41.7 Å². The molecule has 0 saturated carbocycles. The maximum absolute atomic E-state index is 12.8. The molecule has 1 N–H and O–H groups in total. The first kappa shape index (κ1) is 18.2. The molecule has 0 saturated heterocycles. The third-order valence-corrected chi connectivity index (χ3v) is 4.76.